The molecule has 0 saturated heterocycles. The molecule has 0 amide bonds. The fraction of sp³-hybridized carbons (Fsp3) is 0.150. The fourth-order valence-electron chi connectivity index (χ4n) is 2.71. The summed E-state index contributed by atoms with van der Waals surface area (Å²) < 4.78 is 13.1. The van der Waals surface area contributed by atoms with Crippen LogP contribution in [0.3, 0.4) is 0 Å². The third-order valence-electron chi connectivity index (χ3n) is 4.17. The molecule has 0 spiro atoms. The number of hydrogen-bond donors (Lipinski definition) is 2. The van der Waals surface area contributed by atoms with E-state index in [0.29, 0.717) is 17.0 Å². The SMILES string of the molecule is O=C(O)c1[nH]c2cc(-c3ccc(F)cc3)ccc2c1C#CC1CC1. The van der Waals surface area contributed by atoms with Crippen LogP contribution in [0.4, 0.5) is 4.39 Å². The van der Waals surface area contributed by atoms with Gasteiger partial charge >= 0.3 is 5.97 Å². The number of carboxylic acids is 1. The lowest BCUT2D eigenvalue weighted by molar-refractivity contribution is 0.0691. The van der Waals surface area contributed by atoms with Crippen LogP contribution in [0, 0.1) is 23.6 Å². The van der Waals surface area contributed by atoms with Crippen molar-refractivity contribution in [3.63, 3.8) is 0 Å². The summed E-state index contributed by atoms with van der Waals surface area (Å²) >= 11 is 0. The van der Waals surface area contributed by atoms with Crippen LogP contribution in [0.2, 0.25) is 0 Å². The topological polar surface area (TPSA) is 53.1 Å². The first-order valence-electron chi connectivity index (χ1n) is 7.78. The second-order valence-electron chi connectivity index (χ2n) is 5.99. The minimum absolute atomic E-state index is 0.120. The molecule has 4 heteroatoms. The number of rotatable bonds is 2. The lowest BCUT2D eigenvalue weighted by atomic mass is 10.0. The molecule has 0 aliphatic heterocycles. The van der Waals surface area contributed by atoms with Crippen LogP contribution in [0.15, 0.2) is 42.5 Å². The number of nitrogens with one attached hydrogen (secondary N) is 1. The van der Waals surface area contributed by atoms with Crippen molar-refractivity contribution >= 4 is 16.9 Å². The van der Waals surface area contributed by atoms with E-state index in [0.717, 1.165) is 29.4 Å². The van der Waals surface area contributed by atoms with Gasteiger partial charge in [-0.3, -0.25) is 0 Å². The number of carboxylic acid groups (broad SMARTS) is 1. The normalized spacial score (nSPS) is 13.5. The molecule has 1 heterocycles. The molecule has 2 N–H and O–H groups in total. The van der Waals surface area contributed by atoms with E-state index < -0.39 is 5.97 Å². The van der Waals surface area contributed by atoms with Gasteiger partial charge in [-0.25, -0.2) is 9.18 Å². The summed E-state index contributed by atoms with van der Waals surface area (Å²) in [6, 6.07) is 11.9. The zero-order valence-electron chi connectivity index (χ0n) is 12.8. The van der Waals surface area contributed by atoms with Crippen molar-refractivity contribution in [2.45, 2.75) is 12.8 Å². The van der Waals surface area contributed by atoms with Gasteiger partial charge < -0.3 is 10.1 Å². The minimum Gasteiger partial charge on any atom is -0.477 e. The van der Waals surface area contributed by atoms with Crippen molar-refractivity contribution in [1.29, 1.82) is 0 Å². The highest BCUT2D eigenvalue weighted by Crippen LogP contribution is 2.30. The monoisotopic (exact) mass is 319 g/mol. The molecule has 3 aromatic rings. The van der Waals surface area contributed by atoms with Crippen LogP contribution in [0.25, 0.3) is 22.0 Å². The Morgan fingerprint density at radius 2 is 1.83 bits per heavy atom. The number of aromatic carboxylic acids is 1. The zero-order valence-corrected chi connectivity index (χ0v) is 12.8. The Bertz CT molecular complexity index is 1000. The Kier molecular flexibility index (Phi) is 3.35. The molecule has 24 heavy (non-hydrogen) atoms. The van der Waals surface area contributed by atoms with Crippen molar-refractivity contribution in [1.82, 2.24) is 4.98 Å². The van der Waals surface area contributed by atoms with Crippen molar-refractivity contribution in [3.05, 3.63) is 59.5 Å². The molecular weight excluding hydrogens is 305 g/mol. The summed E-state index contributed by atoms with van der Waals surface area (Å²) in [6.45, 7) is 0. The van der Waals surface area contributed by atoms with Crippen LogP contribution < -0.4 is 0 Å². The number of aromatic nitrogens is 1. The average Bonchev–Trinajstić information content (AvgIpc) is 3.33. The van der Waals surface area contributed by atoms with Gasteiger partial charge in [-0.1, -0.05) is 36.1 Å². The molecule has 118 valence electrons. The maximum Gasteiger partial charge on any atom is 0.353 e. The average molecular weight is 319 g/mol. The quantitative estimate of drug-likeness (QED) is 0.686. The van der Waals surface area contributed by atoms with E-state index in [1.165, 1.54) is 12.1 Å². The van der Waals surface area contributed by atoms with E-state index in [-0.39, 0.29) is 11.5 Å². The minimum atomic E-state index is -1.02. The van der Waals surface area contributed by atoms with Crippen LogP contribution in [0.5, 0.6) is 0 Å². The van der Waals surface area contributed by atoms with Gasteiger partial charge in [-0.05, 0) is 42.2 Å². The highest BCUT2D eigenvalue weighted by Gasteiger charge is 2.20. The smallest absolute Gasteiger partial charge is 0.353 e. The van der Waals surface area contributed by atoms with E-state index in [1.54, 1.807) is 12.1 Å². The summed E-state index contributed by atoms with van der Waals surface area (Å²) in [5.41, 5.74) is 3.14. The molecule has 1 aliphatic rings. The summed E-state index contributed by atoms with van der Waals surface area (Å²) in [6.07, 6.45) is 2.18. The third kappa shape index (κ3) is 2.65. The van der Waals surface area contributed by atoms with Crippen molar-refractivity contribution < 1.29 is 14.3 Å². The number of halogens is 1. The van der Waals surface area contributed by atoms with Crippen molar-refractivity contribution in [2.24, 2.45) is 5.92 Å². The molecule has 0 unspecified atom stereocenters. The highest BCUT2D eigenvalue weighted by molar-refractivity contribution is 6.00. The van der Waals surface area contributed by atoms with E-state index in [1.807, 2.05) is 18.2 Å². The molecule has 3 nitrogen and oxygen atoms in total. The fourth-order valence-corrected chi connectivity index (χ4v) is 2.71. The van der Waals surface area contributed by atoms with Crippen molar-refractivity contribution in [3.8, 4) is 23.0 Å². The Labute approximate surface area is 138 Å². The molecule has 1 aliphatic carbocycles. The standard InChI is InChI=1S/C20H14FNO2/c21-15-7-4-13(5-8-15)14-6-10-16-17(9-3-12-1-2-12)19(20(23)24)22-18(16)11-14/h4-8,10-12,22H,1-2H2,(H,23,24). The van der Waals surface area contributed by atoms with Gasteiger partial charge in [0.1, 0.15) is 11.5 Å². The van der Waals surface area contributed by atoms with Gasteiger partial charge in [-0.15, -0.1) is 0 Å². The Balaban J connectivity index is 1.84. The van der Waals surface area contributed by atoms with Gasteiger partial charge in [0.15, 0.2) is 0 Å². The van der Waals surface area contributed by atoms with Gasteiger partial charge in [-0.2, -0.15) is 0 Å². The second-order valence-corrected chi connectivity index (χ2v) is 5.99. The van der Waals surface area contributed by atoms with Gasteiger partial charge in [0.25, 0.3) is 0 Å². The summed E-state index contributed by atoms with van der Waals surface area (Å²) in [7, 11) is 0. The first kappa shape index (κ1) is 14.5. The zero-order chi connectivity index (χ0) is 16.7. The van der Waals surface area contributed by atoms with E-state index in [2.05, 4.69) is 16.8 Å². The van der Waals surface area contributed by atoms with Gasteiger partial charge in [0.05, 0.1) is 5.56 Å². The summed E-state index contributed by atoms with van der Waals surface area (Å²) in [5.74, 6) is 5.25. The maximum absolute atomic E-state index is 13.1. The molecule has 0 radical (unpaired) electrons. The van der Waals surface area contributed by atoms with Crippen molar-refractivity contribution in [2.75, 3.05) is 0 Å². The first-order chi connectivity index (χ1) is 11.6. The summed E-state index contributed by atoms with van der Waals surface area (Å²) in [4.78, 5) is 14.5. The van der Waals surface area contributed by atoms with E-state index in [4.69, 9.17) is 0 Å². The lowest BCUT2D eigenvalue weighted by Crippen LogP contribution is -1.98. The Hall–Kier alpha value is -3.06. The third-order valence-corrected chi connectivity index (χ3v) is 4.17. The van der Waals surface area contributed by atoms with Crippen LogP contribution in [0.1, 0.15) is 28.9 Å². The number of H-pyrrole nitrogens is 1. The first-order valence-corrected chi connectivity index (χ1v) is 7.78. The maximum atomic E-state index is 13.1. The van der Waals surface area contributed by atoms with E-state index >= 15 is 0 Å². The molecule has 1 fully saturated rings. The molecule has 1 saturated carbocycles. The van der Waals surface area contributed by atoms with Crippen LogP contribution in [-0.4, -0.2) is 16.1 Å². The number of hydrogen-bond acceptors (Lipinski definition) is 1. The lowest BCUT2D eigenvalue weighted by Gasteiger charge is -2.02. The molecule has 4 rings (SSSR count). The Morgan fingerprint density at radius 3 is 2.50 bits per heavy atom. The number of carbonyl (C=O) groups is 1. The molecular formula is C20H14FNO2. The predicted octanol–water partition coefficient (Wildman–Crippen LogP) is 4.43. The predicted molar refractivity (Wildman–Crippen MR) is 90.3 cm³/mol. The van der Waals surface area contributed by atoms with E-state index in [9.17, 15) is 14.3 Å². The van der Waals surface area contributed by atoms with Crippen LogP contribution in [-0.2, 0) is 0 Å². The van der Waals surface area contributed by atoms with Gasteiger partial charge in [0.2, 0.25) is 0 Å². The van der Waals surface area contributed by atoms with Crippen LogP contribution >= 0.6 is 0 Å². The summed E-state index contributed by atoms with van der Waals surface area (Å²) in [5, 5.41) is 10.2. The molecule has 1 aromatic heterocycles. The molecule has 0 bridgehead atoms. The molecule has 2 aromatic carbocycles. The Morgan fingerprint density at radius 1 is 1.12 bits per heavy atom. The number of fused-ring (bicyclic) bond motifs is 1. The van der Waals surface area contributed by atoms with Gasteiger partial charge in [0, 0.05) is 16.8 Å². The number of benzene rings is 2. The molecule has 0 atom stereocenters. The largest absolute Gasteiger partial charge is 0.477 e. The number of aromatic amines is 1. The highest BCUT2D eigenvalue weighted by atomic mass is 19.1. The second kappa shape index (κ2) is 5.54.